The van der Waals surface area contributed by atoms with Crippen molar-refractivity contribution in [3.05, 3.63) is 65.2 Å². The lowest BCUT2D eigenvalue weighted by Crippen LogP contribution is -2.36. The van der Waals surface area contributed by atoms with Crippen molar-refractivity contribution in [1.29, 1.82) is 0 Å². The average Bonchev–Trinajstić information content (AvgIpc) is 2.62. The Balaban J connectivity index is 0.00000392. The summed E-state index contributed by atoms with van der Waals surface area (Å²) in [7, 11) is 1.73. The number of para-hydroxylation sites is 1. The Morgan fingerprint density at radius 3 is 2.21 bits per heavy atom. The van der Waals surface area contributed by atoms with Gasteiger partial charge in [-0.2, -0.15) is 0 Å². The van der Waals surface area contributed by atoms with E-state index in [4.69, 9.17) is 10.5 Å². The standard InChI is InChI=1S/C21H28N4O2.HI/c1-21(2,3)27-18-8-6-5-7-17(18)14-25-20(23-4)24-13-15-9-11-16(12-10-15)19(22)26;/h5-12H,13-14H2,1-4H3,(H2,22,26)(H2,23,24,25);1H. The Bertz CT molecular complexity index is 799. The van der Waals surface area contributed by atoms with Gasteiger partial charge >= 0.3 is 0 Å². The van der Waals surface area contributed by atoms with Crippen LogP contribution in [-0.2, 0) is 13.1 Å². The Kier molecular flexibility index (Phi) is 9.24. The van der Waals surface area contributed by atoms with E-state index in [1.807, 2.05) is 57.2 Å². The Morgan fingerprint density at radius 2 is 1.64 bits per heavy atom. The molecule has 0 aliphatic carbocycles. The summed E-state index contributed by atoms with van der Waals surface area (Å²) in [6.07, 6.45) is 0. The third-order valence-electron chi connectivity index (χ3n) is 3.76. The van der Waals surface area contributed by atoms with Crippen LogP contribution >= 0.6 is 24.0 Å². The average molecular weight is 496 g/mol. The summed E-state index contributed by atoms with van der Waals surface area (Å²) < 4.78 is 6.02. The third-order valence-corrected chi connectivity index (χ3v) is 3.76. The molecular formula is C21H29IN4O2. The van der Waals surface area contributed by atoms with Gasteiger partial charge in [0.25, 0.3) is 0 Å². The summed E-state index contributed by atoms with van der Waals surface area (Å²) in [6, 6.07) is 15.1. The number of primary amides is 1. The second-order valence-corrected chi connectivity index (χ2v) is 7.16. The fraction of sp³-hybridized carbons (Fsp3) is 0.333. The number of hydrogen-bond acceptors (Lipinski definition) is 3. The van der Waals surface area contributed by atoms with Crippen molar-refractivity contribution in [2.24, 2.45) is 10.7 Å². The van der Waals surface area contributed by atoms with Gasteiger partial charge in [-0.05, 0) is 44.5 Å². The lowest BCUT2D eigenvalue weighted by atomic mass is 10.1. The third kappa shape index (κ3) is 7.75. The summed E-state index contributed by atoms with van der Waals surface area (Å²) >= 11 is 0. The number of nitrogens with zero attached hydrogens (tertiary/aromatic N) is 1. The zero-order valence-electron chi connectivity index (χ0n) is 16.8. The molecule has 0 fully saturated rings. The van der Waals surface area contributed by atoms with Crippen LogP contribution in [0.2, 0.25) is 0 Å². The number of hydrogen-bond donors (Lipinski definition) is 3. The largest absolute Gasteiger partial charge is 0.488 e. The predicted octanol–water partition coefficient (Wildman–Crippen LogP) is 3.45. The van der Waals surface area contributed by atoms with Crippen LogP contribution < -0.4 is 21.1 Å². The van der Waals surface area contributed by atoms with Crippen molar-refractivity contribution in [2.75, 3.05) is 7.05 Å². The molecule has 0 saturated heterocycles. The van der Waals surface area contributed by atoms with E-state index in [1.54, 1.807) is 19.2 Å². The van der Waals surface area contributed by atoms with Crippen molar-refractivity contribution in [1.82, 2.24) is 10.6 Å². The van der Waals surface area contributed by atoms with E-state index in [0.29, 0.717) is 24.6 Å². The fourth-order valence-electron chi connectivity index (χ4n) is 2.45. The normalized spacial score (nSPS) is 11.4. The Morgan fingerprint density at radius 1 is 1.04 bits per heavy atom. The smallest absolute Gasteiger partial charge is 0.248 e. The molecule has 2 aromatic rings. The maximum absolute atomic E-state index is 11.1. The van der Waals surface area contributed by atoms with Crippen molar-refractivity contribution < 1.29 is 9.53 Å². The van der Waals surface area contributed by atoms with E-state index in [0.717, 1.165) is 16.9 Å². The molecule has 2 aromatic carbocycles. The summed E-state index contributed by atoms with van der Waals surface area (Å²) in [5.41, 5.74) is 7.58. The molecule has 0 unspecified atom stereocenters. The SMILES string of the molecule is CN=C(NCc1ccc(C(N)=O)cc1)NCc1ccccc1OC(C)(C)C.I. The number of carbonyl (C=O) groups excluding carboxylic acids is 1. The van der Waals surface area contributed by atoms with Gasteiger partial charge in [0.1, 0.15) is 11.4 Å². The second kappa shape index (κ2) is 10.9. The molecule has 0 aromatic heterocycles. The first kappa shape index (κ1) is 23.7. The number of halogens is 1. The van der Waals surface area contributed by atoms with Crippen LogP contribution in [0.25, 0.3) is 0 Å². The quantitative estimate of drug-likeness (QED) is 0.325. The Hall–Kier alpha value is -2.29. The van der Waals surface area contributed by atoms with Gasteiger partial charge < -0.3 is 21.1 Å². The zero-order chi connectivity index (χ0) is 19.9. The van der Waals surface area contributed by atoms with Crippen LogP contribution in [0.4, 0.5) is 0 Å². The molecule has 28 heavy (non-hydrogen) atoms. The van der Waals surface area contributed by atoms with Crippen molar-refractivity contribution in [3.63, 3.8) is 0 Å². The van der Waals surface area contributed by atoms with Crippen LogP contribution in [0, 0.1) is 0 Å². The zero-order valence-corrected chi connectivity index (χ0v) is 19.1. The number of nitrogens with two attached hydrogens (primary N) is 1. The van der Waals surface area contributed by atoms with E-state index in [2.05, 4.69) is 15.6 Å². The van der Waals surface area contributed by atoms with Gasteiger partial charge in [-0.15, -0.1) is 24.0 Å². The molecule has 0 spiro atoms. The van der Waals surface area contributed by atoms with Crippen LogP contribution in [0.15, 0.2) is 53.5 Å². The molecule has 4 N–H and O–H groups in total. The van der Waals surface area contributed by atoms with E-state index in [9.17, 15) is 4.79 Å². The predicted molar refractivity (Wildman–Crippen MR) is 124 cm³/mol. The number of carbonyl (C=O) groups is 1. The van der Waals surface area contributed by atoms with E-state index < -0.39 is 5.91 Å². The summed E-state index contributed by atoms with van der Waals surface area (Å²) in [5.74, 6) is 1.11. The van der Waals surface area contributed by atoms with Gasteiger partial charge in [-0.1, -0.05) is 30.3 Å². The van der Waals surface area contributed by atoms with E-state index >= 15 is 0 Å². The Labute approximate surface area is 184 Å². The topological polar surface area (TPSA) is 88.7 Å². The molecule has 2 rings (SSSR count). The van der Waals surface area contributed by atoms with E-state index in [-0.39, 0.29) is 29.6 Å². The minimum absolute atomic E-state index is 0. The van der Waals surface area contributed by atoms with Crippen LogP contribution in [0.1, 0.15) is 42.3 Å². The van der Waals surface area contributed by atoms with Gasteiger partial charge in [-0.3, -0.25) is 9.79 Å². The van der Waals surface area contributed by atoms with Crippen molar-refractivity contribution in [3.8, 4) is 5.75 Å². The minimum Gasteiger partial charge on any atom is -0.488 e. The molecule has 0 aliphatic rings. The van der Waals surface area contributed by atoms with Crippen molar-refractivity contribution in [2.45, 2.75) is 39.5 Å². The number of amides is 1. The van der Waals surface area contributed by atoms with Crippen LogP contribution in [0.5, 0.6) is 5.75 Å². The monoisotopic (exact) mass is 496 g/mol. The molecule has 0 aliphatic heterocycles. The van der Waals surface area contributed by atoms with Gasteiger partial charge in [0.2, 0.25) is 5.91 Å². The lowest BCUT2D eigenvalue weighted by Gasteiger charge is -2.23. The number of nitrogens with one attached hydrogen (secondary N) is 2. The maximum atomic E-state index is 11.1. The maximum Gasteiger partial charge on any atom is 0.248 e. The highest BCUT2D eigenvalue weighted by molar-refractivity contribution is 14.0. The molecule has 0 atom stereocenters. The number of ether oxygens (including phenoxy) is 1. The van der Waals surface area contributed by atoms with Crippen LogP contribution in [-0.4, -0.2) is 24.5 Å². The first-order chi connectivity index (χ1) is 12.8. The first-order valence-corrected chi connectivity index (χ1v) is 8.88. The number of benzene rings is 2. The number of rotatable bonds is 6. The van der Waals surface area contributed by atoms with Gasteiger partial charge in [-0.25, -0.2) is 0 Å². The molecule has 152 valence electrons. The highest BCUT2D eigenvalue weighted by atomic mass is 127. The highest BCUT2D eigenvalue weighted by Gasteiger charge is 2.14. The second-order valence-electron chi connectivity index (χ2n) is 7.16. The minimum atomic E-state index is -0.428. The lowest BCUT2D eigenvalue weighted by molar-refractivity contribution is 0.1000. The summed E-state index contributed by atoms with van der Waals surface area (Å²) in [5, 5.41) is 6.55. The van der Waals surface area contributed by atoms with Gasteiger partial charge in [0, 0.05) is 31.3 Å². The molecule has 0 radical (unpaired) electrons. The molecule has 1 amide bonds. The molecule has 0 bridgehead atoms. The first-order valence-electron chi connectivity index (χ1n) is 8.88. The molecule has 0 saturated carbocycles. The number of aliphatic imine (C=N–C) groups is 1. The van der Waals surface area contributed by atoms with E-state index in [1.165, 1.54) is 0 Å². The fourth-order valence-corrected chi connectivity index (χ4v) is 2.45. The van der Waals surface area contributed by atoms with Gasteiger partial charge in [0.15, 0.2) is 5.96 Å². The van der Waals surface area contributed by atoms with Crippen molar-refractivity contribution >= 4 is 35.8 Å². The summed E-state index contributed by atoms with van der Waals surface area (Å²) in [4.78, 5) is 15.4. The highest BCUT2D eigenvalue weighted by Crippen LogP contribution is 2.22. The van der Waals surface area contributed by atoms with Crippen LogP contribution in [0.3, 0.4) is 0 Å². The summed E-state index contributed by atoms with van der Waals surface area (Å²) in [6.45, 7) is 7.26. The molecule has 7 heteroatoms. The molecular weight excluding hydrogens is 467 g/mol. The van der Waals surface area contributed by atoms with Gasteiger partial charge in [0.05, 0.1) is 0 Å². The molecule has 6 nitrogen and oxygen atoms in total. The number of guanidine groups is 1. The molecule has 0 heterocycles.